The molecule has 1 aliphatic rings. The minimum atomic E-state index is 0.690. The van der Waals surface area contributed by atoms with Crippen molar-refractivity contribution in [1.29, 1.82) is 0 Å². The summed E-state index contributed by atoms with van der Waals surface area (Å²) in [4.78, 5) is 0. The second kappa shape index (κ2) is 8.10. The molecule has 1 aliphatic carbocycles. The molecule has 1 saturated carbocycles. The van der Waals surface area contributed by atoms with Gasteiger partial charge in [-0.3, -0.25) is 0 Å². The first-order valence-corrected chi connectivity index (χ1v) is 7.35. The maximum atomic E-state index is 5.88. The zero-order chi connectivity index (χ0) is 15.1. The van der Waals surface area contributed by atoms with Gasteiger partial charge >= 0.3 is 0 Å². The van der Waals surface area contributed by atoms with Crippen molar-refractivity contribution in [2.45, 2.75) is 19.4 Å². The third-order valence-electron chi connectivity index (χ3n) is 3.49. The fraction of sp³-hybridized carbons (Fsp3) is 0.625. The van der Waals surface area contributed by atoms with E-state index in [9.17, 15) is 0 Å². The van der Waals surface area contributed by atoms with Gasteiger partial charge in [-0.1, -0.05) is 0 Å². The molecule has 0 aromatic heterocycles. The molecular weight excluding hydrogens is 270 g/mol. The van der Waals surface area contributed by atoms with Gasteiger partial charge in [0.25, 0.3) is 0 Å². The Labute approximate surface area is 126 Å². The Morgan fingerprint density at radius 2 is 1.76 bits per heavy atom. The lowest BCUT2D eigenvalue weighted by Gasteiger charge is -2.16. The molecule has 0 saturated heterocycles. The van der Waals surface area contributed by atoms with Crippen LogP contribution in [0.1, 0.15) is 18.4 Å². The summed E-state index contributed by atoms with van der Waals surface area (Å²) in [5, 5.41) is 3.31. The van der Waals surface area contributed by atoms with Crippen molar-refractivity contribution in [2.75, 3.05) is 41.1 Å². The second-order valence-corrected chi connectivity index (χ2v) is 5.25. The lowest BCUT2D eigenvalue weighted by Crippen LogP contribution is -2.18. The van der Waals surface area contributed by atoms with E-state index in [1.54, 1.807) is 21.3 Å². The summed E-state index contributed by atoms with van der Waals surface area (Å²) in [7, 11) is 5.00. The van der Waals surface area contributed by atoms with Crippen LogP contribution < -0.4 is 19.5 Å². The molecule has 0 unspecified atom stereocenters. The third-order valence-corrected chi connectivity index (χ3v) is 3.49. The van der Waals surface area contributed by atoms with Crippen molar-refractivity contribution in [3.05, 3.63) is 17.7 Å². The van der Waals surface area contributed by atoms with Gasteiger partial charge in [-0.15, -0.1) is 0 Å². The first kappa shape index (κ1) is 15.9. The highest BCUT2D eigenvalue weighted by Crippen LogP contribution is 2.40. The van der Waals surface area contributed by atoms with E-state index >= 15 is 0 Å². The first-order chi connectivity index (χ1) is 10.3. The van der Waals surface area contributed by atoms with E-state index in [1.165, 1.54) is 12.8 Å². The molecule has 5 nitrogen and oxygen atoms in total. The average molecular weight is 295 g/mol. The molecule has 5 heteroatoms. The Morgan fingerprint density at radius 3 is 2.29 bits per heavy atom. The molecule has 118 valence electrons. The van der Waals surface area contributed by atoms with Crippen molar-refractivity contribution in [1.82, 2.24) is 5.32 Å². The van der Waals surface area contributed by atoms with Gasteiger partial charge in [0.15, 0.2) is 11.5 Å². The summed E-state index contributed by atoms with van der Waals surface area (Å²) in [6.07, 6.45) is 2.51. The van der Waals surface area contributed by atoms with Crippen molar-refractivity contribution in [3.63, 3.8) is 0 Å². The fourth-order valence-corrected chi connectivity index (χ4v) is 2.07. The van der Waals surface area contributed by atoms with E-state index in [-0.39, 0.29) is 0 Å². The van der Waals surface area contributed by atoms with E-state index in [4.69, 9.17) is 18.9 Å². The summed E-state index contributed by atoms with van der Waals surface area (Å²) in [6.45, 7) is 2.97. The Morgan fingerprint density at radius 1 is 1.10 bits per heavy atom. The van der Waals surface area contributed by atoms with Crippen LogP contribution in [0.3, 0.4) is 0 Å². The van der Waals surface area contributed by atoms with Crippen molar-refractivity contribution in [3.8, 4) is 17.2 Å². The summed E-state index contributed by atoms with van der Waals surface area (Å²) in [5.74, 6) is 2.83. The number of hydrogen-bond donors (Lipinski definition) is 1. The van der Waals surface area contributed by atoms with Gasteiger partial charge in [-0.05, 0) is 36.5 Å². The molecule has 0 radical (unpaired) electrons. The van der Waals surface area contributed by atoms with E-state index in [0.29, 0.717) is 18.3 Å². The molecule has 21 heavy (non-hydrogen) atoms. The number of ether oxygens (including phenoxy) is 4. The number of methoxy groups -OCH3 is 3. The van der Waals surface area contributed by atoms with Crippen LogP contribution >= 0.6 is 0 Å². The highest BCUT2D eigenvalue weighted by atomic mass is 16.5. The predicted octanol–water partition coefficient (Wildman–Crippen LogP) is 2.23. The molecule has 1 fully saturated rings. The number of hydrogen-bond acceptors (Lipinski definition) is 5. The van der Waals surface area contributed by atoms with Crippen LogP contribution in [0, 0.1) is 5.92 Å². The van der Waals surface area contributed by atoms with Gasteiger partial charge < -0.3 is 24.3 Å². The molecule has 1 aromatic carbocycles. The zero-order valence-corrected chi connectivity index (χ0v) is 13.1. The summed E-state index contributed by atoms with van der Waals surface area (Å²) in [6, 6.07) is 3.98. The molecule has 0 heterocycles. The van der Waals surface area contributed by atoms with Crippen molar-refractivity contribution in [2.24, 2.45) is 5.92 Å². The zero-order valence-electron chi connectivity index (χ0n) is 13.1. The van der Waals surface area contributed by atoms with Crippen LogP contribution in [-0.2, 0) is 11.3 Å². The second-order valence-electron chi connectivity index (χ2n) is 5.25. The van der Waals surface area contributed by atoms with Gasteiger partial charge in [0.05, 0.1) is 27.4 Å². The molecule has 0 spiro atoms. The molecule has 0 bridgehead atoms. The largest absolute Gasteiger partial charge is 0.493 e. The molecule has 1 N–H and O–H groups in total. The van der Waals surface area contributed by atoms with E-state index in [2.05, 4.69) is 5.32 Å². The average Bonchev–Trinajstić information content (AvgIpc) is 3.33. The van der Waals surface area contributed by atoms with E-state index in [1.807, 2.05) is 12.1 Å². The SMILES string of the molecule is COCCNCc1cc(OC)c(OCC2CC2)c(OC)c1. The van der Waals surface area contributed by atoms with Crippen LogP contribution in [0.2, 0.25) is 0 Å². The Bertz CT molecular complexity index is 421. The van der Waals surface area contributed by atoms with Gasteiger partial charge in [0.1, 0.15) is 0 Å². The summed E-state index contributed by atoms with van der Waals surface area (Å²) >= 11 is 0. The highest BCUT2D eigenvalue weighted by molar-refractivity contribution is 5.53. The van der Waals surface area contributed by atoms with Crippen molar-refractivity contribution < 1.29 is 18.9 Å². The lowest BCUT2D eigenvalue weighted by atomic mass is 10.1. The first-order valence-electron chi connectivity index (χ1n) is 7.35. The summed E-state index contributed by atoms with van der Waals surface area (Å²) < 4.78 is 21.8. The van der Waals surface area contributed by atoms with Crippen LogP contribution in [0.4, 0.5) is 0 Å². The van der Waals surface area contributed by atoms with Gasteiger partial charge in [0.2, 0.25) is 5.75 Å². The summed E-state index contributed by atoms with van der Waals surface area (Å²) in [5.41, 5.74) is 1.10. The Hall–Kier alpha value is -1.46. The third kappa shape index (κ3) is 4.79. The maximum absolute atomic E-state index is 5.88. The van der Waals surface area contributed by atoms with Crippen molar-refractivity contribution >= 4 is 0 Å². The molecule has 0 amide bonds. The minimum Gasteiger partial charge on any atom is -0.493 e. The van der Waals surface area contributed by atoms with Crippen LogP contribution in [0.25, 0.3) is 0 Å². The molecule has 0 atom stereocenters. The standard InChI is InChI=1S/C16H25NO4/c1-18-7-6-17-10-13-8-14(19-2)16(15(9-13)20-3)21-11-12-4-5-12/h8-9,12,17H,4-7,10-11H2,1-3H3. The number of nitrogens with one attached hydrogen (secondary N) is 1. The maximum Gasteiger partial charge on any atom is 0.203 e. The Kier molecular flexibility index (Phi) is 6.14. The molecular formula is C16H25NO4. The van der Waals surface area contributed by atoms with E-state index in [0.717, 1.165) is 36.8 Å². The van der Waals surface area contributed by atoms with Gasteiger partial charge in [-0.25, -0.2) is 0 Å². The normalized spacial score (nSPS) is 14.0. The molecule has 2 rings (SSSR count). The smallest absolute Gasteiger partial charge is 0.203 e. The topological polar surface area (TPSA) is 49.0 Å². The minimum absolute atomic E-state index is 0.690. The lowest BCUT2D eigenvalue weighted by molar-refractivity contribution is 0.199. The van der Waals surface area contributed by atoms with E-state index < -0.39 is 0 Å². The Balaban J connectivity index is 2.04. The molecule has 0 aliphatic heterocycles. The molecule has 1 aromatic rings. The number of rotatable bonds is 10. The van der Waals surface area contributed by atoms with Crippen LogP contribution in [0.15, 0.2) is 12.1 Å². The highest BCUT2D eigenvalue weighted by Gasteiger charge is 2.24. The number of benzene rings is 1. The van der Waals surface area contributed by atoms with Gasteiger partial charge in [0, 0.05) is 20.2 Å². The fourth-order valence-electron chi connectivity index (χ4n) is 2.07. The van der Waals surface area contributed by atoms with Crippen LogP contribution in [-0.4, -0.2) is 41.1 Å². The monoisotopic (exact) mass is 295 g/mol. The predicted molar refractivity (Wildman–Crippen MR) is 81.3 cm³/mol. The quantitative estimate of drug-likeness (QED) is 0.671. The van der Waals surface area contributed by atoms with Gasteiger partial charge in [-0.2, -0.15) is 0 Å². The van der Waals surface area contributed by atoms with Crippen LogP contribution in [0.5, 0.6) is 17.2 Å².